The molecular formula is C20H26N4O3S. The van der Waals surface area contributed by atoms with Crippen LogP contribution in [-0.2, 0) is 28.0 Å². The Kier molecular flexibility index (Phi) is 4.96. The number of rotatable bonds is 3. The van der Waals surface area contributed by atoms with Gasteiger partial charge in [-0.2, -0.15) is 5.10 Å². The molecule has 7 nitrogen and oxygen atoms in total. The minimum Gasteiger partial charge on any atom is -0.378 e. The summed E-state index contributed by atoms with van der Waals surface area (Å²) < 4.78 is 11.8. The van der Waals surface area contributed by atoms with Crippen LogP contribution in [0.3, 0.4) is 0 Å². The average molecular weight is 403 g/mol. The lowest BCUT2D eigenvalue weighted by atomic mass is 9.82. The molecule has 1 N–H and O–H groups in total. The number of piperidine rings is 1. The topological polar surface area (TPSA) is 70.7 Å². The van der Waals surface area contributed by atoms with Crippen LogP contribution in [0.2, 0.25) is 0 Å². The predicted octanol–water partition coefficient (Wildman–Crippen LogP) is 2.01. The van der Waals surface area contributed by atoms with Crippen molar-refractivity contribution in [3.8, 4) is 0 Å². The molecule has 0 atom stereocenters. The molecule has 5 rings (SSSR count). The fraction of sp³-hybridized carbons (Fsp3) is 0.600. The number of nitrogens with zero attached hydrogens (tertiary/aromatic N) is 3. The van der Waals surface area contributed by atoms with Crippen LogP contribution in [0, 0.1) is 0 Å². The first-order chi connectivity index (χ1) is 13.7. The lowest BCUT2D eigenvalue weighted by Gasteiger charge is -2.44. The summed E-state index contributed by atoms with van der Waals surface area (Å²) in [6, 6.07) is 2.13. The van der Waals surface area contributed by atoms with Crippen molar-refractivity contribution in [3.63, 3.8) is 0 Å². The SMILES string of the molecule is O=C(c1cc2c(s1)CCOC21CCN(Cc2cn[nH]c2)CC1)N1CCOCC1. The number of aromatic amines is 1. The van der Waals surface area contributed by atoms with Gasteiger partial charge in [-0.25, -0.2) is 0 Å². The lowest BCUT2D eigenvalue weighted by Crippen LogP contribution is -2.45. The first-order valence-corrected chi connectivity index (χ1v) is 10.9. The zero-order valence-corrected chi connectivity index (χ0v) is 16.8. The van der Waals surface area contributed by atoms with Gasteiger partial charge in [-0.05, 0) is 24.5 Å². The second-order valence-electron chi connectivity index (χ2n) is 7.83. The van der Waals surface area contributed by atoms with Gasteiger partial charge >= 0.3 is 0 Å². The Bertz CT molecular complexity index is 821. The van der Waals surface area contributed by atoms with E-state index < -0.39 is 0 Å². The zero-order valence-electron chi connectivity index (χ0n) is 16.0. The molecule has 0 aliphatic carbocycles. The van der Waals surface area contributed by atoms with E-state index in [4.69, 9.17) is 9.47 Å². The number of H-pyrrole nitrogens is 1. The number of fused-ring (bicyclic) bond motifs is 2. The van der Waals surface area contributed by atoms with Crippen LogP contribution in [0.5, 0.6) is 0 Å². The van der Waals surface area contributed by atoms with Gasteiger partial charge in [0.25, 0.3) is 5.91 Å². The minimum absolute atomic E-state index is 0.148. The standard InChI is InChI=1S/C20H26N4O3S/c25-19(24-6-9-26-10-7-24)18-11-16-17(28-18)1-8-27-20(16)2-4-23(5-3-20)14-15-12-21-22-13-15/h11-13H,1-10,14H2,(H,21,22). The van der Waals surface area contributed by atoms with Gasteiger partial charge in [0.1, 0.15) is 0 Å². The zero-order chi connectivity index (χ0) is 19.0. The number of likely N-dealkylation sites (tertiary alicyclic amines) is 1. The van der Waals surface area contributed by atoms with Gasteiger partial charge in [0.05, 0.1) is 36.5 Å². The molecule has 2 aromatic rings. The summed E-state index contributed by atoms with van der Waals surface area (Å²) in [6.07, 6.45) is 6.71. The molecule has 2 saturated heterocycles. The fourth-order valence-electron chi connectivity index (χ4n) is 4.55. The second-order valence-corrected chi connectivity index (χ2v) is 8.96. The van der Waals surface area contributed by atoms with Gasteiger partial charge in [-0.3, -0.25) is 14.8 Å². The highest BCUT2D eigenvalue weighted by atomic mass is 32.1. The summed E-state index contributed by atoms with van der Waals surface area (Å²) in [4.78, 5) is 19.5. The molecule has 0 saturated carbocycles. The third-order valence-corrected chi connectivity index (χ3v) is 7.32. The van der Waals surface area contributed by atoms with Crippen LogP contribution >= 0.6 is 11.3 Å². The second kappa shape index (κ2) is 7.59. The van der Waals surface area contributed by atoms with Crippen molar-refractivity contribution in [1.82, 2.24) is 20.0 Å². The highest BCUT2D eigenvalue weighted by Gasteiger charge is 2.42. The summed E-state index contributed by atoms with van der Waals surface area (Å²) in [7, 11) is 0. The largest absolute Gasteiger partial charge is 0.378 e. The maximum absolute atomic E-state index is 12.9. The number of thiophene rings is 1. The summed E-state index contributed by atoms with van der Waals surface area (Å²) in [5.41, 5.74) is 2.26. The Morgan fingerprint density at radius 3 is 2.79 bits per heavy atom. The number of morpholine rings is 1. The van der Waals surface area contributed by atoms with Crippen LogP contribution in [0.15, 0.2) is 18.5 Å². The van der Waals surface area contributed by atoms with Crippen molar-refractivity contribution in [2.24, 2.45) is 0 Å². The summed E-state index contributed by atoms with van der Waals surface area (Å²) in [5.74, 6) is 0.148. The molecule has 3 aliphatic heterocycles. The van der Waals surface area contributed by atoms with E-state index in [0.717, 1.165) is 50.4 Å². The van der Waals surface area contributed by atoms with Gasteiger partial charge in [-0.15, -0.1) is 11.3 Å². The number of hydrogen-bond acceptors (Lipinski definition) is 6. The van der Waals surface area contributed by atoms with E-state index in [1.807, 2.05) is 17.3 Å². The highest BCUT2D eigenvalue weighted by molar-refractivity contribution is 7.14. The fourth-order valence-corrected chi connectivity index (χ4v) is 5.75. The average Bonchev–Trinajstić information content (AvgIpc) is 3.41. The first kappa shape index (κ1) is 18.3. The highest BCUT2D eigenvalue weighted by Crippen LogP contribution is 2.45. The van der Waals surface area contributed by atoms with Crippen molar-refractivity contribution < 1.29 is 14.3 Å². The molecule has 1 spiro atoms. The molecule has 0 aromatic carbocycles. The number of ether oxygens (including phenoxy) is 2. The predicted molar refractivity (Wildman–Crippen MR) is 105 cm³/mol. The third kappa shape index (κ3) is 3.39. The van der Waals surface area contributed by atoms with E-state index in [2.05, 4.69) is 21.2 Å². The van der Waals surface area contributed by atoms with Gasteiger partial charge in [-0.1, -0.05) is 0 Å². The van der Waals surface area contributed by atoms with Crippen LogP contribution in [0.1, 0.15) is 38.5 Å². The number of carbonyl (C=O) groups is 1. The van der Waals surface area contributed by atoms with Gasteiger partial charge in [0.2, 0.25) is 0 Å². The van der Waals surface area contributed by atoms with Gasteiger partial charge < -0.3 is 14.4 Å². The Balaban J connectivity index is 1.32. The van der Waals surface area contributed by atoms with E-state index in [1.165, 1.54) is 16.0 Å². The van der Waals surface area contributed by atoms with Crippen molar-refractivity contribution in [3.05, 3.63) is 39.3 Å². The first-order valence-electron chi connectivity index (χ1n) is 10.1. The molecule has 150 valence electrons. The molecule has 5 heterocycles. The van der Waals surface area contributed by atoms with E-state index in [0.29, 0.717) is 26.3 Å². The maximum atomic E-state index is 12.9. The molecule has 8 heteroatoms. The van der Waals surface area contributed by atoms with E-state index >= 15 is 0 Å². The van der Waals surface area contributed by atoms with Crippen LogP contribution in [0.4, 0.5) is 0 Å². The van der Waals surface area contributed by atoms with Crippen molar-refractivity contribution in [1.29, 1.82) is 0 Å². The molecule has 3 aliphatic rings. The molecule has 2 aromatic heterocycles. The Morgan fingerprint density at radius 2 is 2.04 bits per heavy atom. The van der Waals surface area contributed by atoms with Crippen LogP contribution in [-0.4, -0.2) is 71.9 Å². The van der Waals surface area contributed by atoms with Crippen molar-refractivity contribution in [2.45, 2.75) is 31.4 Å². The molecule has 0 bridgehead atoms. The molecule has 28 heavy (non-hydrogen) atoms. The summed E-state index contributed by atoms with van der Waals surface area (Å²) in [5, 5.41) is 6.93. The number of carbonyl (C=O) groups excluding carboxylic acids is 1. The van der Waals surface area contributed by atoms with Crippen molar-refractivity contribution in [2.75, 3.05) is 46.0 Å². The van der Waals surface area contributed by atoms with Crippen molar-refractivity contribution >= 4 is 17.2 Å². The third-order valence-electron chi connectivity index (χ3n) is 6.14. The van der Waals surface area contributed by atoms with E-state index in [-0.39, 0.29) is 11.5 Å². The Morgan fingerprint density at radius 1 is 1.21 bits per heavy atom. The quantitative estimate of drug-likeness (QED) is 0.850. The van der Waals surface area contributed by atoms with E-state index in [1.54, 1.807) is 11.3 Å². The molecular weight excluding hydrogens is 376 g/mol. The molecule has 0 radical (unpaired) electrons. The molecule has 1 amide bonds. The lowest BCUT2D eigenvalue weighted by molar-refractivity contribution is -0.0980. The normalized spacial score (nSPS) is 22.4. The van der Waals surface area contributed by atoms with E-state index in [9.17, 15) is 4.79 Å². The van der Waals surface area contributed by atoms with Gasteiger partial charge in [0, 0.05) is 55.8 Å². The summed E-state index contributed by atoms with van der Waals surface area (Å²) in [6.45, 7) is 6.30. The Hall–Kier alpha value is -1.74. The molecule has 0 unspecified atom stereocenters. The monoisotopic (exact) mass is 402 g/mol. The Labute approximate surface area is 168 Å². The smallest absolute Gasteiger partial charge is 0.264 e. The number of aromatic nitrogens is 2. The number of amides is 1. The molecule has 2 fully saturated rings. The van der Waals surface area contributed by atoms with Crippen LogP contribution in [0.25, 0.3) is 0 Å². The number of nitrogens with one attached hydrogen (secondary N) is 1. The number of hydrogen-bond donors (Lipinski definition) is 1. The summed E-state index contributed by atoms with van der Waals surface area (Å²) >= 11 is 1.67. The van der Waals surface area contributed by atoms with Gasteiger partial charge in [0.15, 0.2) is 0 Å². The van der Waals surface area contributed by atoms with Crippen LogP contribution < -0.4 is 0 Å². The maximum Gasteiger partial charge on any atom is 0.264 e. The minimum atomic E-state index is -0.222.